The van der Waals surface area contributed by atoms with Gasteiger partial charge in [-0.15, -0.1) is 0 Å². The fourth-order valence-corrected chi connectivity index (χ4v) is 4.92. The fraction of sp³-hybridized carbons (Fsp3) is 0.111. The highest BCUT2D eigenvalue weighted by atomic mass is 32.2. The summed E-state index contributed by atoms with van der Waals surface area (Å²) in [6, 6.07) is 18.3. The van der Waals surface area contributed by atoms with Crippen molar-refractivity contribution < 1.29 is 16.8 Å². The van der Waals surface area contributed by atoms with Crippen molar-refractivity contribution in [2.75, 3.05) is 7.05 Å². The molecule has 0 N–H and O–H groups in total. The van der Waals surface area contributed by atoms with Crippen molar-refractivity contribution >= 4 is 20.0 Å². The molecule has 3 aromatic rings. The number of hydrogen-bond acceptors (Lipinski definition) is 4. The van der Waals surface area contributed by atoms with Crippen molar-refractivity contribution in [3.8, 4) is 0 Å². The highest BCUT2D eigenvalue weighted by Gasteiger charge is 2.25. The minimum atomic E-state index is -3.83. The second-order valence-corrected chi connectivity index (χ2v) is 9.63. The van der Waals surface area contributed by atoms with Crippen LogP contribution in [-0.4, -0.2) is 32.2 Å². The summed E-state index contributed by atoms with van der Waals surface area (Å²) < 4.78 is 52.8. The average Bonchev–Trinajstić information content (AvgIpc) is 3.15. The maximum Gasteiger partial charge on any atom is 0.267 e. The molecule has 26 heavy (non-hydrogen) atoms. The van der Waals surface area contributed by atoms with Crippen LogP contribution in [0.1, 0.15) is 5.56 Å². The van der Waals surface area contributed by atoms with Crippen molar-refractivity contribution in [2.24, 2.45) is 0 Å². The third-order valence-electron chi connectivity index (χ3n) is 3.92. The number of benzene rings is 2. The zero-order valence-electron chi connectivity index (χ0n) is 14.1. The molecule has 0 saturated carbocycles. The SMILES string of the molecule is CN(Cc1ccccc1)S(=O)(=O)c1ccn(S(=O)(=O)c2ccccc2)c1. The maximum absolute atomic E-state index is 12.7. The molecule has 136 valence electrons. The molecule has 0 aliphatic heterocycles. The van der Waals surface area contributed by atoms with E-state index in [1.807, 2.05) is 30.3 Å². The third kappa shape index (κ3) is 3.57. The zero-order chi connectivity index (χ0) is 18.8. The summed E-state index contributed by atoms with van der Waals surface area (Å²) in [6.07, 6.45) is 2.37. The van der Waals surface area contributed by atoms with Gasteiger partial charge >= 0.3 is 0 Å². The van der Waals surface area contributed by atoms with Gasteiger partial charge in [0.05, 0.1) is 4.90 Å². The summed E-state index contributed by atoms with van der Waals surface area (Å²) in [5.74, 6) is 0. The molecule has 0 spiro atoms. The molecule has 0 fully saturated rings. The Hall–Kier alpha value is -2.42. The molecule has 0 aliphatic carbocycles. The minimum absolute atomic E-state index is 0.0737. The van der Waals surface area contributed by atoms with Gasteiger partial charge in [-0.1, -0.05) is 48.5 Å². The zero-order valence-corrected chi connectivity index (χ0v) is 15.7. The van der Waals surface area contributed by atoms with E-state index >= 15 is 0 Å². The number of hydrogen-bond donors (Lipinski definition) is 0. The molecule has 0 unspecified atom stereocenters. The van der Waals surface area contributed by atoms with Crippen molar-refractivity contribution in [1.82, 2.24) is 8.28 Å². The van der Waals surface area contributed by atoms with Gasteiger partial charge in [-0.05, 0) is 23.8 Å². The molecule has 1 heterocycles. The molecule has 0 atom stereocenters. The van der Waals surface area contributed by atoms with E-state index in [-0.39, 0.29) is 16.3 Å². The first-order chi connectivity index (χ1) is 12.3. The van der Waals surface area contributed by atoms with Crippen LogP contribution in [0.2, 0.25) is 0 Å². The minimum Gasteiger partial charge on any atom is -0.248 e. The smallest absolute Gasteiger partial charge is 0.248 e. The molecule has 0 bridgehead atoms. The molecule has 1 aromatic heterocycles. The number of sulfonamides is 1. The summed E-state index contributed by atoms with van der Waals surface area (Å²) in [5.41, 5.74) is 0.843. The van der Waals surface area contributed by atoms with Crippen molar-refractivity contribution in [2.45, 2.75) is 16.3 Å². The highest BCUT2D eigenvalue weighted by molar-refractivity contribution is 7.90. The van der Waals surface area contributed by atoms with Gasteiger partial charge in [0, 0.05) is 26.0 Å². The van der Waals surface area contributed by atoms with E-state index in [4.69, 9.17) is 0 Å². The normalized spacial score (nSPS) is 12.4. The van der Waals surface area contributed by atoms with E-state index in [1.54, 1.807) is 18.2 Å². The van der Waals surface area contributed by atoms with Gasteiger partial charge in [0.1, 0.15) is 4.90 Å². The largest absolute Gasteiger partial charge is 0.267 e. The summed E-state index contributed by atoms with van der Waals surface area (Å²) in [4.78, 5) is 0.0209. The summed E-state index contributed by atoms with van der Waals surface area (Å²) in [7, 11) is -6.18. The lowest BCUT2D eigenvalue weighted by Gasteiger charge is -2.16. The van der Waals surface area contributed by atoms with E-state index in [2.05, 4.69) is 0 Å². The topological polar surface area (TPSA) is 76.5 Å². The number of aromatic nitrogens is 1. The summed E-state index contributed by atoms with van der Waals surface area (Å²) in [5, 5.41) is 0. The first-order valence-electron chi connectivity index (χ1n) is 7.81. The van der Waals surface area contributed by atoms with Crippen molar-refractivity contribution in [3.05, 3.63) is 84.7 Å². The summed E-state index contributed by atoms with van der Waals surface area (Å²) >= 11 is 0. The van der Waals surface area contributed by atoms with Crippen LogP contribution in [0.4, 0.5) is 0 Å². The Kier molecular flexibility index (Phi) is 4.99. The summed E-state index contributed by atoms with van der Waals surface area (Å²) in [6.45, 7) is 0.194. The maximum atomic E-state index is 12.7. The molecule has 0 aliphatic rings. The van der Waals surface area contributed by atoms with Gasteiger partial charge in [-0.2, -0.15) is 4.31 Å². The number of nitrogens with zero attached hydrogens (tertiary/aromatic N) is 2. The van der Waals surface area contributed by atoms with Crippen LogP contribution < -0.4 is 0 Å². The van der Waals surface area contributed by atoms with Gasteiger partial charge in [-0.25, -0.2) is 20.8 Å². The predicted octanol–water partition coefficient (Wildman–Crippen LogP) is 2.55. The Labute approximate surface area is 153 Å². The van der Waals surface area contributed by atoms with Crippen LogP contribution in [-0.2, 0) is 26.6 Å². The molecule has 0 radical (unpaired) electrons. The molecular formula is C18H18N2O4S2. The van der Waals surface area contributed by atoms with E-state index in [9.17, 15) is 16.8 Å². The van der Waals surface area contributed by atoms with E-state index < -0.39 is 20.0 Å². The van der Waals surface area contributed by atoms with Gasteiger partial charge in [0.2, 0.25) is 10.0 Å². The lowest BCUT2D eigenvalue weighted by Crippen LogP contribution is -2.26. The molecule has 0 saturated heterocycles. The van der Waals surface area contributed by atoms with E-state index in [0.29, 0.717) is 0 Å². The Balaban J connectivity index is 1.89. The second kappa shape index (κ2) is 7.06. The van der Waals surface area contributed by atoms with Crippen LogP contribution in [0.25, 0.3) is 0 Å². The molecule has 2 aromatic carbocycles. The van der Waals surface area contributed by atoms with Gasteiger partial charge in [-0.3, -0.25) is 0 Å². The van der Waals surface area contributed by atoms with Gasteiger partial charge < -0.3 is 0 Å². The third-order valence-corrected chi connectivity index (χ3v) is 7.35. The van der Waals surface area contributed by atoms with Crippen molar-refractivity contribution in [1.29, 1.82) is 0 Å². The highest BCUT2D eigenvalue weighted by Crippen LogP contribution is 2.20. The van der Waals surface area contributed by atoms with Crippen LogP contribution >= 0.6 is 0 Å². The van der Waals surface area contributed by atoms with Crippen LogP contribution in [0.3, 0.4) is 0 Å². The van der Waals surface area contributed by atoms with Crippen molar-refractivity contribution in [3.63, 3.8) is 0 Å². The van der Waals surface area contributed by atoms with Gasteiger partial charge in [0.25, 0.3) is 10.0 Å². The van der Waals surface area contributed by atoms with Crippen LogP contribution in [0.15, 0.2) is 88.9 Å². The second-order valence-electron chi connectivity index (χ2n) is 5.74. The molecule has 6 nitrogen and oxygen atoms in total. The fourth-order valence-electron chi connectivity index (χ4n) is 2.48. The molecule has 3 rings (SSSR count). The first kappa shape index (κ1) is 18.4. The quantitative estimate of drug-likeness (QED) is 0.648. The van der Waals surface area contributed by atoms with Gasteiger partial charge in [0.15, 0.2) is 0 Å². The standard InChI is InChI=1S/C18H18N2O4S2/c1-19(14-16-8-4-2-5-9-16)25(21,22)18-12-13-20(15-18)26(23,24)17-10-6-3-7-11-17/h2-13,15H,14H2,1H3. The lowest BCUT2D eigenvalue weighted by atomic mass is 10.2. The average molecular weight is 390 g/mol. The molecular weight excluding hydrogens is 372 g/mol. The first-order valence-corrected chi connectivity index (χ1v) is 10.7. The lowest BCUT2D eigenvalue weighted by molar-refractivity contribution is 0.467. The Morgan fingerprint density at radius 2 is 1.38 bits per heavy atom. The van der Waals surface area contributed by atoms with Crippen LogP contribution in [0, 0.1) is 0 Å². The monoisotopic (exact) mass is 390 g/mol. The Morgan fingerprint density at radius 3 is 2.00 bits per heavy atom. The van der Waals surface area contributed by atoms with E-state index in [1.165, 1.54) is 35.7 Å². The predicted molar refractivity (Wildman–Crippen MR) is 98.6 cm³/mol. The molecule has 0 amide bonds. The Morgan fingerprint density at radius 1 is 0.808 bits per heavy atom. The number of rotatable bonds is 6. The Bertz CT molecular complexity index is 1090. The van der Waals surface area contributed by atoms with E-state index in [0.717, 1.165) is 15.7 Å². The van der Waals surface area contributed by atoms with Crippen LogP contribution in [0.5, 0.6) is 0 Å². The molecule has 8 heteroatoms.